The first-order chi connectivity index (χ1) is 13.6. The molecule has 4 nitrogen and oxygen atoms in total. The lowest BCUT2D eigenvalue weighted by atomic mass is 10.0. The molecule has 1 aliphatic heterocycles. The van der Waals surface area contributed by atoms with E-state index in [1.807, 2.05) is 71.8 Å². The minimum atomic E-state index is -0.0344. The Morgan fingerprint density at radius 3 is 2.79 bits per heavy atom. The van der Waals surface area contributed by atoms with E-state index < -0.39 is 0 Å². The van der Waals surface area contributed by atoms with Gasteiger partial charge in [0.2, 0.25) is 5.91 Å². The van der Waals surface area contributed by atoms with Crippen LogP contribution in [0.15, 0.2) is 60.0 Å². The third-order valence-corrected chi connectivity index (χ3v) is 5.76. The molecule has 0 bridgehead atoms. The summed E-state index contributed by atoms with van der Waals surface area (Å²) < 4.78 is 0. The number of hydrogen-bond donors (Lipinski definition) is 1. The zero-order chi connectivity index (χ0) is 19.5. The van der Waals surface area contributed by atoms with Gasteiger partial charge in [0.1, 0.15) is 0 Å². The van der Waals surface area contributed by atoms with Gasteiger partial charge in [-0.1, -0.05) is 35.9 Å². The van der Waals surface area contributed by atoms with Gasteiger partial charge in [0.15, 0.2) is 0 Å². The molecule has 2 amide bonds. The number of nitrogens with zero attached hydrogens (tertiary/aromatic N) is 1. The second-order valence-electron chi connectivity index (χ2n) is 7.10. The number of carbonyl (C=O) groups is 2. The maximum Gasteiger partial charge on any atom is 0.268 e. The molecule has 0 aliphatic carbocycles. The van der Waals surface area contributed by atoms with E-state index in [1.54, 1.807) is 0 Å². The van der Waals surface area contributed by atoms with Crippen LogP contribution in [-0.2, 0) is 17.6 Å². The summed E-state index contributed by atoms with van der Waals surface area (Å²) in [6.07, 6.45) is 2.18. The zero-order valence-corrected chi connectivity index (χ0v) is 16.6. The number of nitrogens with one attached hydrogen (secondary N) is 1. The van der Waals surface area contributed by atoms with Gasteiger partial charge >= 0.3 is 0 Å². The van der Waals surface area contributed by atoms with Gasteiger partial charge in [0.05, 0.1) is 11.3 Å². The lowest BCUT2D eigenvalue weighted by Gasteiger charge is -2.29. The van der Waals surface area contributed by atoms with Gasteiger partial charge in [-0.25, -0.2) is 0 Å². The van der Waals surface area contributed by atoms with Gasteiger partial charge < -0.3 is 10.2 Å². The fraction of sp³-hybridized carbons (Fsp3) is 0.217. The molecule has 5 heteroatoms. The van der Waals surface area contributed by atoms with Crippen LogP contribution in [0.1, 0.15) is 32.8 Å². The van der Waals surface area contributed by atoms with Gasteiger partial charge in [0.25, 0.3) is 5.91 Å². The summed E-state index contributed by atoms with van der Waals surface area (Å²) in [5.74, 6) is 0.0139. The number of aryl methyl sites for hydroxylation is 2. The fourth-order valence-electron chi connectivity index (χ4n) is 3.63. The topological polar surface area (TPSA) is 49.4 Å². The molecule has 0 fully saturated rings. The number of benzene rings is 2. The molecule has 3 aromatic rings. The first kappa shape index (κ1) is 18.4. The Morgan fingerprint density at radius 1 is 1.11 bits per heavy atom. The normalized spacial score (nSPS) is 13.1. The number of rotatable bonds is 4. The average molecular weight is 391 g/mol. The van der Waals surface area contributed by atoms with Gasteiger partial charge in [0, 0.05) is 17.9 Å². The highest BCUT2D eigenvalue weighted by atomic mass is 32.1. The maximum absolute atomic E-state index is 12.8. The minimum Gasteiger partial charge on any atom is -0.326 e. The van der Waals surface area contributed by atoms with E-state index in [0.717, 1.165) is 52.3 Å². The molecule has 1 aromatic heterocycles. The molecular weight excluding hydrogens is 368 g/mol. The van der Waals surface area contributed by atoms with E-state index in [1.165, 1.54) is 11.3 Å². The summed E-state index contributed by atoms with van der Waals surface area (Å²) >= 11 is 1.46. The number of carbonyl (C=O) groups excluding carboxylic acids is 2. The van der Waals surface area contributed by atoms with Crippen LogP contribution in [-0.4, -0.2) is 18.4 Å². The van der Waals surface area contributed by atoms with Crippen LogP contribution in [0.5, 0.6) is 0 Å². The highest BCUT2D eigenvalue weighted by Gasteiger charge is 2.24. The van der Waals surface area contributed by atoms with Crippen LogP contribution in [0.25, 0.3) is 0 Å². The minimum absolute atomic E-state index is 0.0344. The van der Waals surface area contributed by atoms with Crippen molar-refractivity contribution in [1.82, 2.24) is 0 Å². The quantitative estimate of drug-likeness (QED) is 0.694. The van der Waals surface area contributed by atoms with Crippen LogP contribution in [0.3, 0.4) is 0 Å². The van der Waals surface area contributed by atoms with Crippen molar-refractivity contribution in [1.29, 1.82) is 0 Å². The Labute approximate surface area is 168 Å². The summed E-state index contributed by atoms with van der Waals surface area (Å²) in [4.78, 5) is 27.8. The Balaban J connectivity index is 1.49. The summed E-state index contributed by atoms with van der Waals surface area (Å²) in [5, 5.41) is 4.91. The SMILES string of the molecule is Cc1cccc(CC(=O)Nc2ccc3c(c2)CCCN3C(=O)c2cccs2)c1. The summed E-state index contributed by atoms with van der Waals surface area (Å²) in [5.41, 5.74) is 4.98. The molecule has 1 aliphatic rings. The second-order valence-corrected chi connectivity index (χ2v) is 8.04. The molecule has 0 spiro atoms. The maximum atomic E-state index is 12.8. The lowest BCUT2D eigenvalue weighted by molar-refractivity contribution is -0.115. The standard InChI is InChI=1S/C23H22N2O2S/c1-16-5-2-6-17(13-16)14-22(26)24-19-9-10-20-18(15-19)7-3-11-25(20)23(27)21-8-4-12-28-21/h2,4-6,8-10,12-13,15H,3,7,11,14H2,1H3,(H,24,26). The monoisotopic (exact) mass is 390 g/mol. The molecule has 2 aromatic carbocycles. The van der Waals surface area contributed by atoms with Crippen LogP contribution in [0.2, 0.25) is 0 Å². The van der Waals surface area contributed by atoms with Crippen molar-refractivity contribution in [3.8, 4) is 0 Å². The van der Waals surface area contributed by atoms with Crippen LogP contribution < -0.4 is 10.2 Å². The molecule has 142 valence electrons. The number of anilines is 2. The Morgan fingerprint density at radius 2 is 2.00 bits per heavy atom. The molecule has 0 radical (unpaired) electrons. The molecule has 2 heterocycles. The Kier molecular flexibility index (Phi) is 5.26. The van der Waals surface area contributed by atoms with Gasteiger partial charge in [-0.2, -0.15) is 0 Å². The highest BCUT2D eigenvalue weighted by Crippen LogP contribution is 2.31. The average Bonchev–Trinajstić information content (AvgIpc) is 3.21. The Hall–Kier alpha value is -2.92. The molecular formula is C23H22N2O2S. The lowest BCUT2D eigenvalue weighted by Crippen LogP contribution is -2.35. The van der Waals surface area contributed by atoms with E-state index in [-0.39, 0.29) is 11.8 Å². The smallest absolute Gasteiger partial charge is 0.268 e. The predicted octanol–water partition coefficient (Wildman–Crippen LogP) is 4.83. The van der Waals surface area contributed by atoms with Crippen molar-refractivity contribution >= 4 is 34.5 Å². The van der Waals surface area contributed by atoms with E-state index in [9.17, 15) is 9.59 Å². The summed E-state index contributed by atoms with van der Waals surface area (Å²) in [7, 11) is 0. The highest BCUT2D eigenvalue weighted by molar-refractivity contribution is 7.12. The van der Waals surface area contributed by atoms with Gasteiger partial charge in [-0.05, 0) is 60.5 Å². The molecule has 28 heavy (non-hydrogen) atoms. The van der Waals surface area contributed by atoms with Crippen molar-refractivity contribution in [2.75, 3.05) is 16.8 Å². The first-order valence-electron chi connectivity index (χ1n) is 9.44. The largest absolute Gasteiger partial charge is 0.326 e. The van der Waals surface area contributed by atoms with Gasteiger partial charge in [-0.15, -0.1) is 11.3 Å². The van der Waals surface area contributed by atoms with Crippen LogP contribution in [0, 0.1) is 6.92 Å². The van der Waals surface area contributed by atoms with Crippen molar-refractivity contribution in [2.24, 2.45) is 0 Å². The molecule has 0 atom stereocenters. The number of fused-ring (bicyclic) bond motifs is 1. The third-order valence-electron chi connectivity index (χ3n) is 4.91. The molecule has 0 saturated carbocycles. The summed E-state index contributed by atoms with van der Waals surface area (Å²) in [6, 6.07) is 17.6. The van der Waals surface area contributed by atoms with Crippen molar-refractivity contribution < 1.29 is 9.59 Å². The van der Waals surface area contributed by atoms with E-state index in [0.29, 0.717) is 6.42 Å². The van der Waals surface area contributed by atoms with Crippen LogP contribution in [0.4, 0.5) is 11.4 Å². The van der Waals surface area contributed by atoms with Crippen LogP contribution >= 0.6 is 11.3 Å². The van der Waals surface area contributed by atoms with Gasteiger partial charge in [-0.3, -0.25) is 9.59 Å². The zero-order valence-electron chi connectivity index (χ0n) is 15.8. The predicted molar refractivity (Wildman–Crippen MR) is 114 cm³/mol. The van der Waals surface area contributed by atoms with Crippen molar-refractivity contribution in [2.45, 2.75) is 26.2 Å². The number of amides is 2. The summed E-state index contributed by atoms with van der Waals surface area (Å²) in [6.45, 7) is 2.75. The second kappa shape index (κ2) is 7.98. The van der Waals surface area contributed by atoms with Crippen molar-refractivity contribution in [3.63, 3.8) is 0 Å². The third kappa shape index (κ3) is 3.99. The number of hydrogen-bond acceptors (Lipinski definition) is 3. The van der Waals surface area contributed by atoms with E-state index in [2.05, 4.69) is 5.32 Å². The van der Waals surface area contributed by atoms with E-state index >= 15 is 0 Å². The van der Waals surface area contributed by atoms with E-state index in [4.69, 9.17) is 0 Å². The fourth-order valence-corrected chi connectivity index (χ4v) is 4.30. The number of thiophene rings is 1. The molecule has 1 N–H and O–H groups in total. The molecule has 0 unspecified atom stereocenters. The first-order valence-corrected chi connectivity index (χ1v) is 10.3. The molecule has 4 rings (SSSR count). The molecule has 0 saturated heterocycles. The Bertz CT molecular complexity index is 1010. The van der Waals surface area contributed by atoms with Crippen molar-refractivity contribution in [3.05, 3.63) is 81.5 Å².